The first-order valence-electron chi connectivity index (χ1n) is 7.27. The maximum atomic E-state index is 12.1. The summed E-state index contributed by atoms with van der Waals surface area (Å²) < 4.78 is 0. The summed E-state index contributed by atoms with van der Waals surface area (Å²) in [5.41, 5.74) is 6.92. The summed E-state index contributed by atoms with van der Waals surface area (Å²) in [4.78, 5) is 12.1. The van der Waals surface area contributed by atoms with Crippen molar-refractivity contribution in [1.82, 2.24) is 5.32 Å². The van der Waals surface area contributed by atoms with Crippen molar-refractivity contribution >= 4 is 29.1 Å². The molecular formula is C17H21ClN2O. The molecule has 0 aliphatic heterocycles. The van der Waals surface area contributed by atoms with Gasteiger partial charge in [-0.05, 0) is 35.2 Å². The second-order valence-corrected chi connectivity index (χ2v) is 5.53. The van der Waals surface area contributed by atoms with Crippen molar-refractivity contribution in [2.45, 2.75) is 25.3 Å². The molecule has 0 heterocycles. The molecule has 0 radical (unpaired) electrons. The van der Waals surface area contributed by atoms with Crippen LogP contribution in [0.1, 0.15) is 30.9 Å². The van der Waals surface area contributed by atoms with E-state index in [1.165, 1.54) is 17.2 Å². The molecule has 0 aromatic heterocycles. The zero-order chi connectivity index (χ0) is 13.9. The van der Waals surface area contributed by atoms with Crippen LogP contribution >= 0.6 is 12.4 Å². The third kappa shape index (κ3) is 3.36. The summed E-state index contributed by atoms with van der Waals surface area (Å²) >= 11 is 0. The lowest BCUT2D eigenvalue weighted by atomic mass is 9.84. The summed E-state index contributed by atoms with van der Waals surface area (Å²) in [5, 5.41) is 5.47. The topological polar surface area (TPSA) is 55.1 Å². The Morgan fingerprint density at radius 2 is 1.90 bits per heavy atom. The Kier molecular flexibility index (Phi) is 5.21. The van der Waals surface area contributed by atoms with Gasteiger partial charge < -0.3 is 11.1 Å². The van der Waals surface area contributed by atoms with Crippen molar-refractivity contribution in [2.75, 3.05) is 6.54 Å². The van der Waals surface area contributed by atoms with Crippen molar-refractivity contribution in [3.63, 3.8) is 0 Å². The summed E-state index contributed by atoms with van der Waals surface area (Å²) in [5.74, 6) is 0.351. The molecule has 3 nitrogen and oxygen atoms in total. The number of nitrogens with two attached hydrogens (primary N) is 1. The first-order valence-corrected chi connectivity index (χ1v) is 7.27. The van der Waals surface area contributed by atoms with E-state index >= 15 is 0 Å². The van der Waals surface area contributed by atoms with E-state index in [1.54, 1.807) is 0 Å². The molecule has 1 aliphatic rings. The summed E-state index contributed by atoms with van der Waals surface area (Å²) in [6.07, 6.45) is 3.20. The number of halogens is 1. The number of rotatable bonds is 4. The zero-order valence-corrected chi connectivity index (χ0v) is 12.7. The van der Waals surface area contributed by atoms with Gasteiger partial charge in [0.1, 0.15) is 0 Å². The number of benzene rings is 2. The molecule has 2 aromatic rings. The summed E-state index contributed by atoms with van der Waals surface area (Å²) in [6.45, 7) is 0.427. The Balaban J connectivity index is 0.00000161. The van der Waals surface area contributed by atoms with Crippen molar-refractivity contribution in [3.8, 4) is 0 Å². The van der Waals surface area contributed by atoms with E-state index in [0.717, 1.165) is 18.4 Å². The van der Waals surface area contributed by atoms with Crippen LogP contribution in [0.2, 0.25) is 0 Å². The smallest absolute Gasteiger partial charge is 0.223 e. The Morgan fingerprint density at radius 1 is 1.19 bits per heavy atom. The minimum absolute atomic E-state index is 0. The van der Waals surface area contributed by atoms with E-state index < -0.39 is 0 Å². The number of carbonyl (C=O) groups excluding carboxylic acids is 1. The van der Waals surface area contributed by atoms with Crippen LogP contribution in [0.3, 0.4) is 0 Å². The molecule has 1 aliphatic carbocycles. The average Bonchev–Trinajstić information content (AvgIpc) is 2.42. The van der Waals surface area contributed by atoms with Crippen LogP contribution < -0.4 is 11.1 Å². The number of hydrogen-bond acceptors (Lipinski definition) is 2. The van der Waals surface area contributed by atoms with Gasteiger partial charge in [-0.1, -0.05) is 42.8 Å². The van der Waals surface area contributed by atoms with Crippen molar-refractivity contribution in [3.05, 3.63) is 48.0 Å². The Bertz CT molecular complexity index is 625. The summed E-state index contributed by atoms with van der Waals surface area (Å²) in [7, 11) is 0. The molecule has 1 amide bonds. The monoisotopic (exact) mass is 304 g/mol. The molecule has 1 unspecified atom stereocenters. The van der Waals surface area contributed by atoms with Gasteiger partial charge in [0.05, 0.1) is 6.04 Å². The lowest BCUT2D eigenvalue weighted by molar-refractivity contribution is -0.128. The fraction of sp³-hybridized carbons (Fsp3) is 0.353. The largest absolute Gasteiger partial charge is 0.348 e. The fourth-order valence-corrected chi connectivity index (χ4v) is 2.66. The second-order valence-electron chi connectivity index (χ2n) is 5.53. The molecule has 1 atom stereocenters. The van der Waals surface area contributed by atoms with Crippen LogP contribution in [-0.2, 0) is 4.79 Å². The van der Waals surface area contributed by atoms with Crippen molar-refractivity contribution < 1.29 is 4.79 Å². The van der Waals surface area contributed by atoms with Gasteiger partial charge in [-0.25, -0.2) is 0 Å². The third-order valence-corrected chi connectivity index (χ3v) is 4.20. The number of amides is 1. The quantitative estimate of drug-likeness (QED) is 0.911. The lowest BCUT2D eigenvalue weighted by Crippen LogP contribution is -2.39. The molecule has 1 saturated carbocycles. The molecule has 3 rings (SSSR count). The number of hydrogen-bond donors (Lipinski definition) is 2. The van der Waals surface area contributed by atoms with E-state index in [4.69, 9.17) is 5.73 Å². The van der Waals surface area contributed by atoms with E-state index in [2.05, 4.69) is 35.6 Å². The Labute approximate surface area is 131 Å². The van der Waals surface area contributed by atoms with Crippen molar-refractivity contribution in [2.24, 2.45) is 11.7 Å². The van der Waals surface area contributed by atoms with Gasteiger partial charge in [-0.3, -0.25) is 4.79 Å². The second kappa shape index (κ2) is 6.92. The van der Waals surface area contributed by atoms with E-state index in [9.17, 15) is 4.79 Å². The molecule has 0 bridgehead atoms. The average molecular weight is 305 g/mol. The molecule has 1 fully saturated rings. The van der Waals surface area contributed by atoms with Gasteiger partial charge in [0.25, 0.3) is 0 Å². The van der Waals surface area contributed by atoms with E-state index in [0.29, 0.717) is 6.54 Å². The van der Waals surface area contributed by atoms with Crippen LogP contribution in [0.5, 0.6) is 0 Å². The van der Waals surface area contributed by atoms with Gasteiger partial charge in [0, 0.05) is 12.5 Å². The van der Waals surface area contributed by atoms with Crippen LogP contribution in [0.15, 0.2) is 42.5 Å². The highest BCUT2D eigenvalue weighted by atomic mass is 35.5. The Hall–Kier alpha value is -1.58. The van der Waals surface area contributed by atoms with Crippen molar-refractivity contribution in [1.29, 1.82) is 0 Å². The predicted octanol–water partition coefficient (Wildman–Crippen LogP) is 3.18. The molecule has 21 heavy (non-hydrogen) atoms. The highest BCUT2D eigenvalue weighted by molar-refractivity contribution is 5.85. The Morgan fingerprint density at radius 3 is 2.52 bits per heavy atom. The maximum absolute atomic E-state index is 12.1. The highest BCUT2D eigenvalue weighted by Gasteiger charge is 2.26. The van der Waals surface area contributed by atoms with Gasteiger partial charge in [0.2, 0.25) is 5.91 Å². The van der Waals surface area contributed by atoms with Gasteiger partial charge in [-0.15, -0.1) is 12.4 Å². The van der Waals surface area contributed by atoms with Gasteiger partial charge in [-0.2, -0.15) is 0 Å². The van der Waals surface area contributed by atoms with Gasteiger partial charge in [0.15, 0.2) is 0 Å². The van der Waals surface area contributed by atoms with Crippen LogP contribution in [0.25, 0.3) is 10.8 Å². The zero-order valence-electron chi connectivity index (χ0n) is 11.9. The predicted molar refractivity (Wildman–Crippen MR) is 88.5 cm³/mol. The van der Waals surface area contributed by atoms with E-state index in [-0.39, 0.29) is 30.3 Å². The normalized spacial score (nSPS) is 15.9. The van der Waals surface area contributed by atoms with Crippen LogP contribution in [-0.4, -0.2) is 12.5 Å². The summed E-state index contributed by atoms with van der Waals surface area (Å²) in [6, 6.07) is 14.4. The number of fused-ring (bicyclic) bond motifs is 1. The number of nitrogens with one attached hydrogen (secondary N) is 1. The highest BCUT2D eigenvalue weighted by Crippen LogP contribution is 2.27. The standard InChI is InChI=1S/C17H20N2O.ClH/c18-11-16(19-17(20)13-6-3-7-13)15-9-8-12-4-1-2-5-14(12)10-15;/h1-2,4-5,8-10,13,16H,3,6-7,11,18H2,(H,19,20);1H. The minimum atomic E-state index is -0.0901. The molecule has 112 valence electrons. The van der Waals surface area contributed by atoms with E-state index in [1.807, 2.05) is 12.1 Å². The molecule has 3 N–H and O–H groups in total. The molecular weight excluding hydrogens is 284 g/mol. The fourth-order valence-electron chi connectivity index (χ4n) is 2.66. The van der Waals surface area contributed by atoms with Crippen LogP contribution in [0.4, 0.5) is 0 Å². The first-order chi connectivity index (χ1) is 9.78. The lowest BCUT2D eigenvalue weighted by Gasteiger charge is -2.27. The maximum Gasteiger partial charge on any atom is 0.223 e. The SMILES string of the molecule is Cl.NCC(NC(=O)C1CCC1)c1ccc2ccccc2c1. The third-order valence-electron chi connectivity index (χ3n) is 4.20. The van der Waals surface area contributed by atoms with Crippen LogP contribution in [0, 0.1) is 5.92 Å². The minimum Gasteiger partial charge on any atom is -0.348 e. The molecule has 0 saturated heterocycles. The van der Waals surface area contributed by atoms with Gasteiger partial charge >= 0.3 is 0 Å². The number of carbonyl (C=O) groups is 1. The molecule has 4 heteroatoms. The molecule has 0 spiro atoms. The first kappa shape index (κ1) is 15.8. The molecule has 2 aromatic carbocycles.